The fourth-order valence-corrected chi connectivity index (χ4v) is 3.32. The van der Waals surface area contributed by atoms with Crippen molar-refractivity contribution in [2.45, 2.75) is 11.4 Å². The van der Waals surface area contributed by atoms with Crippen LogP contribution in [0.25, 0.3) is 0 Å². The Morgan fingerprint density at radius 2 is 1.84 bits per heavy atom. The van der Waals surface area contributed by atoms with Crippen molar-refractivity contribution in [2.75, 3.05) is 37.8 Å². The molecule has 0 saturated carbocycles. The van der Waals surface area contributed by atoms with Crippen molar-refractivity contribution >= 4 is 23.5 Å². The molecule has 0 unspecified atom stereocenters. The largest absolute Gasteiger partial charge is 0.322 e. The number of urea groups is 1. The molecule has 6 heteroatoms. The first-order valence-electron chi connectivity index (χ1n) is 8.31. The maximum atomic E-state index is 13.0. The molecule has 0 atom stereocenters. The molecular formula is C19H22FN3OS. The van der Waals surface area contributed by atoms with E-state index in [4.69, 9.17) is 0 Å². The molecule has 0 radical (unpaired) electrons. The van der Waals surface area contributed by atoms with Crippen molar-refractivity contribution in [1.82, 2.24) is 9.80 Å². The summed E-state index contributed by atoms with van der Waals surface area (Å²) in [6.07, 6.45) is 2.02. The summed E-state index contributed by atoms with van der Waals surface area (Å²) in [5.41, 5.74) is 1.92. The summed E-state index contributed by atoms with van der Waals surface area (Å²) < 4.78 is 13.0. The first-order valence-corrected chi connectivity index (χ1v) is 9.53. The van der Waals surface area contributed by atoms with Gasteiger partial charge in [0.15, 0.2) is 0 Å². The Hall–Kier alpha value is -2.05. The van der Waals surface area contributed by atoms with Gasteiger partial charge in [-0.1, -0.05) is 18.2 Å². The summed E-state index contributed by atoms with van der Waals surface area (Å²) in [5.74, 6) is -0.212. The van der Waals surface area contributed by atoms with E-state index in [9.17, 15) is 9.18 Å². The number of piperazine rings is 1. The van der Waals surface area contributed by atoms with Gasteiger partial charge in [-0.15, -0.1) is 11.8 Å². The highest BCUT2D eigenvalue weighted by Gasteiger charge is 2.21. The number of nitrogens with one attached hydrogen (secondary N) is 1. The highest BCUT2D eigenvalue weighted by molar-refractivity contribution is 7.98. The van der Waals surface area contributed by atoms with Gasteiger partial charge < -0.3 is 10.2 Å². The van der Waals surface area contributed by atoms with Crippen molar-refractivity contribution in [2.24, 2.45) is 0 Å². The second kappa shape index (κ2) is 8.36. The number of hydrogen-bond acceptors (Lipinski definition) is 3. The lowest BCUT2D eigenvalue weighted by Gasteiger charge is -2.34. The van der Waals surface area contributed by atoms with E-state index in [-0.39, 0.29) is 11.8 Å². The molecule has 0 bridgehead atoms. The Balaban J connectivity index is 1.49. The molecule has 1 fully saturated rings. The molecule has 2 aromatic rings. The molecule has 2 aromatic carbocycles. The Kier molecular flexibility index (Phi) is 5.94. The van der Waals surface area contributed by atoms with Crippen LogP contribution in [0, 0.1) is 5.82 Å². The van der Waals surface area contributed by atoms with Crippen LogP contribution in [-0.2, 0) is 6.54 Å². The molecule has 1 heterocycles. The topological polar surface area (TPSA) is 35.6 Å². The highest BCUT2D eigenvalue weighted by atomic mass is 32.2. The normalized spacial score (nSPS) is 15.2. The highest BCUT2D eigenvalue weighted by Crippen LogP contribution is 2.19. The zero-order chi connectivity index (χ0) is 17.6. The minimum Gasteiger partial charge on any atom is -0.322 e. The van der Waals surface area contributed by atoms with E-state index >= 15 is 0 Å². The van der Waals surface area contributed by atoms with E-state index in [0.29, 0.717) is 13.1 Å². The average molecular weight is 359 g/mol. The smallest absolute Gasteiger partial charge is 0.321 e. The molecule has 4 nitrogen and oxygen atoms in total. The van der Waals surface area contributed by atoms with Gasteiger partial charge in [0.2, 0.25) is 0 Å². The molecule has 0 spiro atoms. The number of carbonyl (C=O) groups is 1. The minimum atomic E-state index is -0.212. The first-order chi connectivity index (χ1) is 12.1. The zero-order valence-corrected chi connectivity index (χ0v) is 15.1. The predicted molar refractivity (Wildman–Crippen MR) is 100 cm³/mol. The summed E-state index contributed by atoms with van der Waals surface area (Å²) in [4.78, 5) is 17.7. The van der Waals surface area contributed by atoms with Crippen LogP contribution in [-0.4, -0.2) is 48.3 Å². The lowest BCUT2D eigenvalue weighted by atomic mass is 10.2. The summed E-state index contributed by atoms with van der Waals surface area (Å²) in [6.45, 7) is 3.79. The van der Waals surface area contributed by atoms with E-state index in [1.165, 1.54) is 12.1 Å². The van der Waals surface area contributed by atoms with Crippen molar-refractivity contribution in [1.29, 1.82) is 0 Å². The van der Waals surface area contributed by atoms with Gasteiger partial charge in [0.25, 0.3) is 0 Å². The third kappa shape index (κ3) is 4.96. The van der Waals surface area contributed by atoms with Crippen LogP contribution in [0.4, 0.5) is 14.9 Å². The molecule has 3 rings (SSSR count). The number of amides is 2. The van der Waals surface area contributed by atoms with Crippen molar-refractivity contribution in [3.8, 4) is 0 Å². The van der Waals surface area contributed by atoms with E-state index < -0.39 is 0 Å². The van der Waals surface area contributed by atoms with Gasteiger partial charge in [0.1, 0.15) is 5.82 Å². The molecule has 1 aliphatic heterocycles. The molecule has 0 aromatic heterocycles. The van der Waals surface area contributed by atoms with Crippen molar-refractivity contribution in [3.05, 3.63) is 59.9 Å². The summed E-state index contributed by atoms with van der Waals surface area (Å²) in [5, 5.41) is 2.97. The van der Waals surface area contributed by atoms with Crippen LogP contribution in [0.15, 0.2) is 53.4 Å². The molecule has 1 aliphatic rings. The fraction of sp³-hybridized carbons (Fsp3) is 0.316. The molecule has 25 heavy (non-hydrogen) atoms. The summed E-state index contributed by atoms with van der Waals surface area (Å²) in [6, 6.07) is 14.4. The summed E-state index contributed by atoms with van der Waals surface area (Å²) in [7, 11) is 0. The number of benzene rings is 2. The lowest BCUT2D eigenvalue weighted by molar-refractivity contribution is 0.143. The quantitative estimate of drug-likeness (QED) is 0.841. The van der Waals surface area contributed by atoms with Gasteiger partial charge in [0, 0.05) is 43.3 Å². The second-order valence-electron chi connectivity index (χ2n) is 6.05. The monoisotopic (exact) mass is 359 g/mol. The van der Waals surface area contributed by atoms with Crippen molar-refractivity contribution < 1.29 is 9.18 Å². The van der Waals surface area contributed by atoms with Crippen LogP contribution >= 0.6 is 11.8 Å². The van der Waals surface area contributed by atoms with E-state index in [1.54, 1.807) is 11.8 Å². The van der Waals surface area contributed by atoms with Gasteiger partial charge in [0.05, 0.1) is 0 Å². The number of thioether (sulfide) groups is 1. The van der Waals surface area contributed by atoms with Gasteiger partial charge in [-0.2, -0.15) is 0 Å². The Morgan fingerprint density at radius 1 is 1.12 bits per heavy atom. The SMILES string of the molecule is CSc1cccc(NC(=O)N2CCN(Cc3ccc(F)cc3)CC2)c1. The van der Waals surface area contributed by atoms with Crippen molar-refractivity contribution in [3.63, 3.8) is 0 Å². The maximum absolute atomic E-state index is 13.0. The average Bonchev–Trinajstić information content (AvgIpc) is 2.64. The molecule has 132 valence electrons. The zero-order valence-electron chi connectivity index (χ0n) is 14.2. The number of nitrogens with zero attached hydrogens (tertiary/aromatic N) is 2. The standard InChI is InChI=1S/C19H22FN3OS/c1-25-18-4-2-3-17(13-18)21-19(24)23-11-9-22(10-12-23)14-15-5-7-16(20)8-6-15/h2-8,13H,9-12,14H2,1H3,(H,21,24). The molecule has 0 aliphatic carbocycles. The number of halogens is 1. The molecule has 1 saturated heterocycles. The van der Waals surface area contributed by atoms with Gasteiger partial charge >= 0.3 is 6.03 Å². The second-order valence-corrected chi connectivity index (χ2v) is 6.93. The number of rotatable bonds is 4. The fourth-order valence-electron chi connectivity index (χ4n) is 2.86. The third-order valence-electron chi connectivity index (χ3n) is 4.30. The molecular weight excluding hydrogens is 337 g/mol. The molecule has 1 N–H and O–H groups in total. The van der Waals surface area contributed by atoms with E-state index in [0.717, 1.165) is 35.8 Å². The number of anilines is 1. The molecule has 2 amide bonds. The van der Waals surface area contributed by atoms with Gasteiger partial charge in [-0.3, -0.25) is 4.90 Å². The Bertz CT molecular complexity index is 715. The predicted octanol–water partition coefficient (Wildman–Crippen LogP) is 3.90. The number of carbonyl (C=O) groups excluding carboxylic acids is 1. The third-order valence-corrected chi connectivity index (χ3v) is 5.03. The lowest BCUT2D eigenvalue weighted by Crippen LogP contribution is -2.49. The van der Waals surface area contributed by atoms with Crippen LogP contribution in [0.3, 0.4) is 0 Å². The van der Waals surface area contributed by atoms with E-state index in [1.807, 2.05) is 47.6 Å². The minimum absolute atomic E-state index is 0.0558. The Labute approximate surface area is 152 Å². The maximum Gasteiger partial charge on any atom is 0.321 e. The summed E-state index contributed by atoms with van der Waals surface area (Å²) >= 11 is 1.65. The van der Waals surface area contributed by atoms with E-state index in [2.05, 4.69) is 10.2 Å². The van der Waals surface area contributed by atoms with Crippen LogP contribution < -0.4 is 5.32 Å². The van der Waals surface area contributed by atoms with Crippen LogP contribution in [0.2, 0.25) is 0 Å². The van der Waals surface area contributed by atoms with Crippen LogP contribution in [0.5, 0.6) is 0 Å². The van der Waals surface area contributed by atoms with Crippen LogP contribution in [0.1, 0.15) is 5.56 Å². The Morgan fingerprint density at radius 3 is 2.52 bits per heavy atom. The first kappa shape index (κ1) is 17.8. The van der Waals surface area contributed by atoms with Gasteiger partial charge in [-0.25, -0.2) is 9.18 Å². The number of hydrogen-bond donors (Lipinski definition) is 1. The van der Waals surface area contributed by atoms with Gasteiger partial charge in [-0.05, 0) is 42.2 Å².